The van der Waals surface area contributed by atoms with Gasteiger partial charge in [-0.3, -0.25) is 14.4 Å². The van der Waals surface area contributed by atoms with Crippen molar-refractivity contribution in [3.8, 4) is 17.0 Å². The molecule has 230 valence electrons. The molecule has 2 unspecified atom stereocenters. The first-order valence-corrected chi connectivity index (χ1v) is 14.9. The van der Waals surface area contributed by atoms with Gasteiger partial charge in [0.2, 0.25) is 5.91 Å². The van der Waals surface area contributed by atoms with Crippen LogP contribution in [0.5, 0.6) is 5.75 Å². The van der Waals surface area contributed by atoms with Crippen molar-refractivity contribution in [3.63, 3.8) is 0 Å². The zero-order valence-electron chi connectivity index (χ0n) is 25.7. The first-order chi connectivity index (χ1) is 21.6. The van der Waals surface area contributed by atoms with Crippen molar-refractivity contribution in [3.05, 3.63) is 102 Å². The average molecular weight is 605 g/mol. The second-order valence-corrected chi connectivity index (χ2v) is 11.5. The van der Waals surface area contributed by atoms with Crippen LogP contribution in [0.2, 0.25) is 0 Å². The zero-order chi connectivity index (χ0) is 32.1. The number of anilines is 1. The maximum absolute atomic E-state index is 13.5. The summed E-state index contributed by atoms with van der Waals surface area (Å²) in [7, 11) is 0. The number of fused-ring (bicyclic) bond motifs is 1. The van der Waals surface area contributed by atoms with Crippen LogP contribution in [0.3, 0.4) is 0 Å². The van der Waals surface area contributed by atoms with E-state index in [0.717, 1.165) is 27.8 Å². The number of carbonyl (C=O) groups is 3. The fourth-order valence-electron chi connectivity index (χ4n) is 5.32. The molecule has 2 amide bonds. The Morgan fingerprint density at radius 2 is 1.62 bits per heavy atom. The summed E-state index contributed by atoms with van der Waals surface area (Å²) in [5, 5.41) is 17.4. The summed E-state index contributed by atoms with van der Waals surface area (Å²) in [5.41, 5.74) is 8.23. The number of hydrogen-bond acceptors (Lipinski definition) is 6. The lowest BCUT2D eigenvalue weighted by Crippen LogP contribution is -2.34. The number of aromatic nitrogens is 1. The van der Waals surface area contributed by atoms with Gasteiger partial charge >= 0.3 is 5.97 Å². The molecular weight excluding hydrogens is 568 g/mol. The van der Waals surface area contributed by atoms with Gasteiger partial charge in [0.05, 0.1) is 40.4 Å². The predicted molar refractivity (Wildman–Crippen MR) is 175 cm³/mol. The normalized spacial score (nSPS) is 16.4. The fourth-order valence-corrected chi connectivity index (χ4v) is 5.32. The molecule has 1 aromatic heterocycles. The van der Waals surface area contributed by atoms with E-state index in [-0.39, 0.29) is 17.9 Å². The Kier molecular flexibility index (Phi) is 9.37. The van der Waals surface area contributed by atoms with Gasteiger partial charge in [-0.1, -0.05) is 35.9 Å². The van der Waals surface area contributed by atoms with Crippen LogP contribution in [0.15, 0.2) is 90.0 Å². The molecule has 0 saturated heterocycles. The number of carbonyl (C=O) groups excluding carboxylic acids is 2. The largest absolute Gasteiger partial charge is 0.491 e. The summed E-state index contributed by atoms with van der Waals surface area (Å²) in [4.78, 5) is 42.7. The van der Waals surface area contributed by atoms with Crippen molar-refractivity contribution < 1.29 is 24.2 Å². The smallest absolute Gasteiger partial charge is 0.307 e. The van der Waals surface area contributed by atoms with E-state index in [1.54, 1.807) is 43.3 Å². The van der Waals surface area contributed by atoms with Crippen molar-refractivity contribution >= 4 is 40.1 Å². The number of nitrogens with zero attached hydrogens (tertiary/aromatic N) is 2. The number of carboxylic acids is 1. The van der Waals surface area contributed by atoms with Crippen LogP contribution in [0.1, 0.15) is 55.1 Å². The van der Waals surface area contributed by atoms with Gasteiger partial charge in [0.25, 0.3) is 5.91 Å². The van der Waals surface area contributed by atoms with Crippen LogP contribution in [0.25, 0.3) is 22.2 Å². The van der Waals surface area contributed by atoms with Gasteiger partial charge in [-0.25, -0.2) is 10.4 Å². The molecule has 4 aromatic rings. The third-order valence-corrected chi connectivity index (χ3v) is 7.71. The number of ether oxygens (including phenoxy) is 1. The van der Waals surface area contributed by atoms with Gasteiger partial charge < -0.3 is 15.2 Å². The van der Waals surface area contributed by atoms with Gasteiger partial charge in [-0.15, -0.1) is 0 Å². The molecule has 1 heterocycles. The highest BCUT2D eigenvalue weighted by molar-refractivity contribution is 6.08. The molecule has 1 aliphatic rings. The predicted octanol–water partition coefficient (Wildman–Crippen LogP) is 6.76. The summed E-state index contributed by atoms with van der Waals surface area (Å²) in [6.07, 6.45) is 4.44. The molecular formula is C36H36N4O5. The Labute approximate surface area is 262 Å². The minimum absolute atomic E-state index is 0.0636. The number of carboxylic acid groups (broad SMARTS) is 1. The van der Waals surface area contributed by atoms with Crippen LogP contribution >= 0.6 is 0 Å². The van der Waals surface area contributed by atoms with E-state index in [1.807, 2.05) is 69.3 Å². The van der Waals surface area contributed by atoms with Gasteiger partial charge in [0, 0.05) is 16.6 Å². The number of benzene rings is 3. The van der Waals surface area contributed by atoms with Crippen LogP contribution in [-0.2, 0) is 9.59 Å². The molecule has 0 radical (unpaired) electrons. The fraction of sp³-hybridized carbons (Fsp3) is 0.250. The highest BCUT2D eigenvalue weighted by atomic mass is 16.5. The Morgan fingerprint density at radius 3 is 2.29 bits per heavy atom. The Bertz CT molecular complexity index is 1790. The molecule has 0 spiro atoms. The monoisotopic (exact) mass is 604 g/mol. The molecule has 3 N–H and O–H groups in total. The number of nitrogens with one attached hydrogen (secondary N) is 2. The van der Waals surface area contributed by atoms with Crippen LogP contribution < -0.4 is 15.5 Å². The lowest BCUT2D eigenvalue weighted by atomic mass is 9.82. The van der Waals surface area contributed by atoms with E-state index < -0.39 is 17.8 Å². The first kappa shape index (κ1) is 31.1. The van der Waals surface area contributed by atoms with E-state index in [1.165, 1.54) is 0 Å². The number of allylic oxidation sites excluding steroid dienone is 2. The maximum Gasteiger partial charge on any atom is 0.307 e. The summed E-state index contributed by atoms with van der Waals surface area (Å²) in [6.45, 7) is 7.69. The minimum atomic E-state index is -0.972. The van der Waals surface area contributed by atoms with E-state index >= 15 is 0 Å². The molecule has 9 heteroatoms. The average Bonchev–Trinajstić information content (AvgIpc) is 3.03. The quantitative estimate of drug-likeness (QED) is 0.110. The summed E-state index contributed by atoms with van der Waals surface area (Å²) in [6, 6.07) is 22.2. The SMILES string of the molecule is C/C(=N\NC(=O)c1cc(-c2ccc(OC(C)C)cc2)nc2ccc(C)cc12)c1ccc(NC(=O)C2CC=CCC2C(=O)O)cc1. The highest BCUT2D eigenvalue weighted by Gasteiger charge is 2.34. The van der Waals surface area contributed by atoms with Crippen molar-refractivity contribution in [2.24, 2.45) is 16.9 Å². The molecule has 0 bridgehead atoms. The lowest BCUT2D eigenvalue weighted by molar-refractivity contribution is -0.146. The molecule has 45 heavy (non-hydrogen) atoms. The first-order valence-electron chi connectivity index (χ1n) is 14.9. The standard InChI is InChI=1S/C36H36N4O5/c1-21(2)45-27-16-12-25(13-17-27)33-20-31(30-19-22(3)9-18-32(30)38-33)35(42)40-39-23(4)24-10-14-26(15-11-24)37-34(41)28-7-5-6-8-29(28)36(43)44/h5-6,9-21,28-29H,7-8H2,1-4H3,(H,37,41)(H,40,42)(H,43,44)/b39-23+. The number of aliphatic carboxylic acids is 1. The molecule has 1 aliphatic carbocycles. The number of pyridine rings is 1. The molecule has 3 aromatic carbocycles. The number of aryl methyl sites for hydroxylation is 1. The van der Waals surface area contributed by atoms with Crippen molar-refractivity contribution in [2.45, 2.75) is 46.6 Å². The van der Waals surface area contributed by atoms with Gasteiger partial charge in [-0.05, 0) is 101 Å². The van der Waals surface area contributed by atoms with E-state index in [4.69, 9.17) is 9.72 Å². The Hall–Kier alpha value is -5.31. The van der Waals surface area contributed by atoms with Gasteiger partial charge in [0.1, 0.15) is 5.75 Å². The Balaban J connectivity index is 1.32. The lowest BCUT2D eigenvalue weighted by Gasteiger charge is -2.24. The summed E-state index contributed by atoms with van der Waals surface area (Å²) >= 11 is 0. The number of rotatable bonds is 9. The molecule has 0 aliphatic heterocycles. The van der Waals surface area contributed by atoms with Gasteiger partial charge in [-0.2, -0.15) is 5.10 Å². The molecule has 0 saturated carbocycles. The maximum atomic E-state index is 13.5. The summed E-state index contributed by atoms with van der Waals surface area (Å²) in [5.74, 6) is -2.27. The zero-order valence-corrected chi connectivity index (χ0v) is 25.7. The summed E-state index contributed by atoms with van der Waals surface area (Å²) < 4.78 is 5.76. The highest BCUT2D eigenvalue weighted by Crippen LogP contribution is 2.29. The van der Waals surface area contributed by atoms with E-state index in [9.17, 15) is 19.5 Å². The third kappa shape index (κ3) is 7.44. The van der Waals surface area contributed by atoms with E-state index in [0.29, 0.717) is 41.0 Å². The molecule has 9 nitrogen and oxygen atoms in total. The Morgan fingerprint density at radius 1 is 0.933 bits per heavy atom. The van der Waals surface area contributed by atoms with Crippen molar-refractivity contribution in [2.75, 3.05) is 5.32 Å². The van der Waals surface area contributed by atoms with Crippen LogP contribution in [0, 0.1) is 18.8 Å². The van der Waals surface area contributed by atoms with Crippen LogP contribution in [0.4, 0.5) is 5.69 Å². The molecule has 2 atom stereocenters. The number of hydrogen-bond donors (Lipinski definition) is 3. The second-order valence-electron chi connectivity index (χ2n) is 11.5. The van der Waals surface area contributed by atoms with Crippen molar-refractivity contribution in [1.29, 1.82) is 0 Å². The van der Waals surface area contributed by atoms with Gasteiger partial charge in [0.15, 0.2) is 0 Å². The molecule has 5 rings (SSSR count). The third-order valence-electron chi connectivity index (χ3n) is 7.71. The number of amides is 2. The number of hydrazone groups is 1. The van der Waals surface area contributed by atoms with Crippen molar-refractivity contribution in [1.82, 2.24) is 10.4 Å². The topological polar surface area (TPSA) is 130 Å². The minimum Gasteiger partial charge on any atom is -0.491 e. The van der Waals surface area contributed by atoms with Crippen LogP contribution in [-0.4, -0.2) is 39.7 Å². The molecule has 0 fully saturated rings. The second kappa shape index (κ2) is 13.5. The van der Waals surface area contributed by atoms with E-state index in [2.05, 4.69) is 15.8 Å².